The van der Waals surface area contributed by atoms with Gasteiger partial charge in [0.05, 0.1) is 0 Å². The fraction of sp³-hybridized carbons (Fsp3) is 0. The molecule has 2 aromatic rings. The first-order chi connectivity index (χ1) is 4.86. The average molecular weight is 153 g/mol. The number of nitrogens with zero attached hydrogens (tertiary/aromatic N) is 4. The largest absolute Gasteiger partial charge is 0.256 e. The van der Waals surface area contributed by atoms with E-state index in [9.17, 15) is 0 Å². The van der Waals surface area contributed by atoms with Crippen LogP contribution in [0, 0.1) is 0 Å². The predicted molar refractivity (Wildman–Crippen MR) is 36.7 cm³/mol. The maximum Gasteiger partial charge on any atom is 0.223 e. The van der Waals surface area contributed by atoms with E-state index in [1.165, 1.54) is 0 Å². The van der Waals surface area contributed by atoms with E-state index < -0.39 is 0 Å². The molecule has 0 aliphatic rings. The number of H-pyrrole nitrogens is 1. The summed E-state index contributed by atoms with van der Waals surface area (Å²) in [6, 6.07) is 1.71. The standard InChI is InChI=1S/C4H3N5S/c10-3-1-2-4(7-6-3)8-9-5-2/h1H,(H,6,10)(H,5,7,8,9). The monoisotopic (exact) mass is 153 g/mol. The Kier molecular flexibility index (Phi) is 1.07. The molecule has 0 aliphatic heterocycles. The predicted octanol–water partition coefficient (Wildman–Crippen LogP) is 0.0366. The van der Waals surface area contributed by atoms with Gasteiger partial charge in [0.25, 0.3) is 0 Å². The van der Waals surface area contributed by atoms with Crippen molar-refractivity contribution in [2.75, 3.05) is 0 Å². The normalized spacial score (nSPS) is 10.5. The molecule has 0 spiro atoms. The Morgan fingerprint density at radius 1 is 1.30 bits per heavy atom. The second-order valence-corrected chi connectivity index (χ2v) is 2.21. The number of aromatic nitrogens is 5. The van der Waals surface area contributed by atoms with Crippen molar-refractivity contribution in [3.63, 3.8) is 0 Å². The molecule has 2 aromatic heterocycles. The Morgan fingerprint density at radius 3 is 3.10 bits per heavy atom. The van der Waals surface area contributed by atoms with E-state index in [4.69, 9.17) is 0 Å². The molecule has 2 rings (SSSR count). The molecule has 0 radical (unpaired) electrons. The first kappa shape index (κ1) is 5.60. The van der Waals surface area contributed by atoms with Crippen molar-refractivity contribution in [2.24, 2.45) is 0 Å². The van der Waals surface area contributed by atoms with Crippen molar-refractivity contribution in [3.8, 4) is 0 Å². The van der Waals surface area contributed by atoms with Crippen molar-refractivity contribution in [3.05, 3.63) is 6.07 Å². The van der Waals surface area contributed by atoms with Gasteiger partial charge in [0.2, 0.25) is 5.65 Å². The van der Waals surface area contributed by atoms with Gasteiger partial charge in [-0.1, -0.05) is 5.21 Å². The second-order valence-electron chi connectivity index (χ2n) is 1.75. The lowest BCUT2D eigenvalue weighted by molar-refractivity contribution is 0.931. The van der Waals surface area contributed by atoms with Crippen LogP contribution in [0.2, 0.25) is 0 Å². The first-order valence-corrected chi connectivity index (χ1v) is 3.04. The van der Waals surface area contributed by atoms with Crippen molar-refractivity contribution < 1.29 is 0 Å². The zero-order valence-corrected chi connectivity index (χ0v) is 5.71. The van der Waals surface area contributed by atoms with E-state index in [1.807, 2.05) is 0 Å². The van der Waals surface area contributed by atoms with Gasteiger partial charge in [-0.2, -0.15) is 0 Å². The topological polar surface area (TPSA) is 67.3 Å². The maximum absolute atomic E-state index is 3.99. The lowest BCUT2D eigenvalue weighted by Gasteiger charge is -1.84. The van der Waals surface area contributed by atoms with Crippen LogP contribution in [0.3, 0.4) is 0 Å². The number of thiol groups is 1. The summed E-state index contributed by atoms with van der Waals surface area (Å²) >= 11 is 3.99. The molecule has 5 nitrogen and oxygen atoms in total. The summed E-state index contributed by atoms with van der Waals surface area (Å²) in [4.78, 5) is 0. The molecule has 10 heavy (non-hydrogen) atoms. The quantitative estimate of drug-likeness (QED) is 0.524. The summed E-state index contributed by atoms with van der Waals surface area (Å²) in [6.45, 7) is 0. The SMILES string of the molecule is Sc1cc2[nH]nnc2nn1. The molecule has 50 valence electrons. The molecule has 0 aliphatic carbocycles. The van der Waals surface area contributed by atoms with E-state index in [1.54, 1.807) is 6.07 Å². The molecular formula is C4H3N5S. The summed E-state index contributed by atoms with van der Waals surface area (Å²) in [7, 11) is 0. The number of fused-ring (bicyclic) bond motifs is 1. The number of nitrogens with one attached hydrogen (secondary N) is 1. The van der Waals surface area contributed by atoms with Gasteiger partial charge >= 0.3 is 0 Å². The van der Waals surface area contributed by atoms with Crippen LogP contribution in [0.4, 0.5) is 0 Å². The van der Waals surface area contributed by atoms with Gasteiger partial charge in [-0.05, 0) is 0 Å². The van der Waals surface area contributed by atoms with Gasteiger partial charge in [0.15, 0.2) is 0 Å². The molecule has 0 saturated carbocycles. The Labute approximate surface area is 61.3 Å². The first-order valence-electron chi connectivity index (χ1n) is 2.60. The summed E-state index contributed by atoms with van der Waals surface area (Å²) < 4.78 is 0. The molecule has 1 N–H and O–H groups in total. The minimum Gasteiger partial charge on any atom is -0.256 e. The average Bonchev–Trinajstić information content (AvgIpc) is 2.33. The highest BCUT2D eigenvalue weighted by Gasteiger charge is 1.97. The third kappa shape index (κ3) is 0.730. The second kappa shape index (κ2) is 1.91. The third-order valence-electron chi connectivity index (χ3n) is 1.08. The number of aromatic amines is 1. The van der Waals surface area contributed by atoms with Crippen molar-refractivity contribution in [1.29, 1.82) is 0 Å². The van der Waals surface area contributed by atoms with Gasteiger partial charge in [-0.3, -0.25) is 5.10 Å². The smallest absolute Gasteiger partial charge is 0.223 e. The molecule has 0 saturated heterocycles. The third-order valence-corrected chi connectivity index (χ3v) is 1.30. The maximum atomic E-state index is 3.99. The summed E-state index contributed by atoms with van der Waals surface area (Å²) in [5.41, 5.74) is 1.26. The number of hydrogen-bond acceptors (Lipinski definition) is 5. The van der Waals surface area contributed by atoms with Gasteiger partial charge in [-0.25, -0.2) is 0 Å². The van der Waals surface area contributed by atoms with Crippen molar-refractivity contribution >= 4 is 23.8 Å². The van der Waals surface area contributed by atoms with Crippen LogP contribution in [0.15, 0.2) is 11.1 Å². The van der Waals surface area contributed by atoms with Crippen LogP contribution >= 0.6 is 12.6 Å². The van der Waals surface area contributed by atoms with E-state index in [2.05, 4.69) is 38.2 Å². The number of rotatable bonds is 0. The van der Waals surface area contributed by atoms with Crippen LogP contribution in [0.5, 0.6) is 0 Å². The summed E-state index contributed by atoms with van der Waals surface area (Å²) in [5, 5.41) is 17.8. The molecule has 0 atom stereocenters. The van der Waals surface area contributed by atoms with E-state index in [-0.39, 0.29) is 0 Å². The minimum atomic E-state index is 0.512. The summed E-state index contributed by atoms with van der Waals surface area (Å²) in [5.74, 6) is 0. The molecule has 0 amide bonds. The van der Waals surface area contributed by atoms with Crippen LogP contribution in [-0.4, -0.2) is 25.6 Å². The fourth-order valence-electron chi connectivity index (χ4n) is 0.657. The lowest BCUT2D eigenvalue weighted by Crippen LogP contribution is -1.82. The zero-order chi connectivity index (χ0) is 6.97. The van der Waals surface area contributed by atoms with Gasteiger partial charge < -0.3 is 0 Å². The van der Waals surface area contributed by atoms with Crippen molar-refractivity contribution in [2.45, 2.75) is 5.03 Å². The van der Waals surface area contributed by atoms with Crippen LogP contribution < -0.4 is 0 Å². The Bertz CT molecular complexity index is 355. The van der Waals surface area contributed by atoms with Gasteiger partial charge in [0, 0.05) is 6.07 Å². The lowest BCUT2D eigenvalue weighted by atomic mass is 10.5. The van der Waals surface area contributed by atoms with Crippen LogP contribution in [0.1, 0.15) is 0 Å². The zero-order valence-electron chi connectivity index (χ0n) is 4.81. The Balaban J connectivity index is 2.86. The molecule has 0 fully saturated rings. The molecule has 0 unspecified atom stereocenters. The van der Waals surface area contributed by atoms with E-state index >= 15 is 0 Å². The minimum absolute atomic E-state index is 0.512. The highest BCUT2D eigenvalue weighted by Crippen LogP contribution is 2.06. The Hall–Kier alpha value is -1.17. The summed E-state index contributed by atoms with van der Waals surface area (Å²) in [6.07, 6.45) is 0. The fourth-order valence-corrected chi connectivity index (χ4v) is 0.831. The highest BCUT2D eigenvalue weighted by molar-refractivity contribution is 7.80. The molecular weight excluding hydrogens is 150 g/mol. The van der Waals surface area contributed by atoms with Crippen molar-refractivity contribution in [1.82, 2.24) is 25.6 Å². The number of hydrogen-bond donors (Lipinski definition) is 2. The van der Waals surface area contributed by atoms with Gasteiger partial charge in [-0.15, -0.1) is 27.9 Å². The molecule has 2 heterocycles. The highest BCUT2D eigenvalue weighted by atomic mass is 32.1. The van der Waals surface area contributed by atoms with Gasteiger partial charge in [0.1, 0.15) is 10.5 Å². The molecule has 0 bridgehead atoms. The molecule has 0 aromatic carbocycles. The Morgan fingerprint density at radius 2 is 2.20 bits per heavy atom. The van der Waals surface area contributed by atoms with Crippen LogP contribution in [-0.2, 0) is 0 Å². The van der Waals surface area contributed by atoms with E-state index in [0.717, 1.165) is 5.52 Å². The van der Waals surface area contributed by atoms with E-state index in [0.29, 0.717) is 10.7 Å². The molecule has 6 heteroatoms. The van der Waals surface area contributed by atoms with Crippen LogP contribution in [0.25, 0.3) is 11.2 Å².